The summed E-state index contributed by atoms with van der Waals surface area (Å²) in [4.78, 5) is 11.9. The van der Waals surface area contributed by atoms with E-state index in [1.807, 2.05) is 6.92 Å². The number of hydrogen-bond donors (Lipinski definition) is 0. The van der Waals surface area contributed by atoms with Crippen LogP contribution in [0.2, 0.25) is 0 Å². The van der Waals surface area contributed by atoms with E-state index < -0.39 is 0 Å². The lowest BCUT2D eigenvalue weighted by Gasteiger charge is -2.26. The minimum Gasteiger partial charge on any atom is -0.466 e. The molecule has 0 spiro atoms. The minimum atomic E-state index is -0.127. The number of alkyl halides is 1. The Morgan fingerprint density at radius 3 is 2.53 bits per heavy atom. The van der Waals surface area contributed by atoms with E-state index in [-0.39, 0.29) is 11.4 Å². The summed E-state index contributed by atoms with van der Waals surface area (Å²) < 4.78 is 5.21. The molecule has 0 atom stereocenters. The second-order valence-corrected chi connectivity index (χ2v) is 5.15. The summed E-state index contributed by atoms with van der Waals surface area (Å²) in [5, 5.41) is 1.03. The lowest BCUT2D eigenvalue weighted by Crippen LogP contribution is -2.30. The third-order valence-electron chi connectivity index (χ3n) is 3.31. The van der Waals surface area contributed by atoms with E-state index in [1.165, 1.54) is 12.8 Å². The standard InChI is InChI=1S/C12H21BrO2/c1-2-15-11(14)12(7-3-4-8-12)9-5-6-10-13/h2-10H2,1H3. The molecular weight excluding hydrogens is 256 g/mol. The summed E-state index contributed by atoms with van der Waals surface area (Å²) in [5.74, 6) is 0.0528. The Labute approximate surface area is 101 Å². The number of carbonyl (C=O) groups excluding carboxylic acids is 1. The first-order valence-electron chi connectivity index (χ1n) is 5.98. The van der Waals surface area contributed by atoms with Crippen LogP contribution in [0.3, 0.4) is 0 Å². The maximum atomic E-state index is 11.9. The first kappa shape index (κ1) is 13.0. The van der Waals surface area contributed by atoms with Crippen molar-refractivity contribution in [2.75, 3.05) is 11.9 Å². The molecule has 0 N–H and O–H groups in total. The van der Waals surface area contributed by atoms with Gasteiger partial charge in [0.2, 0.25) is 0 Å². The molecule has 1 fully saturated rings. The van der Waals surface area contributed by atoms with Crippen LogP contribution >= 0.6 is 15.9 Å². The highest BCUT2D eigenvalue weighted by Crippen LogP contribution is 2.43. The van der Waals surface area contributed by atoms with Crippen molar-refractivity contribution in [3.05, 3.63) is 0 Å². The molecule has 3 heteroatoms. The van der Waals surface area contributed by atoms with E-state index in [9.17, 15) is 4.79 Å². The van der Waals surface area contributed by atoms with Crippen LogP contribution in [0.4, 0.5) is 0 Å². The topological polar surface area (TPSA) is 26.3 Å². The van der Waals surface area contributed by atoms with Crippen LogP contribution in [-0.4, -0.2) is 17.9 Å². The van der Waals surface area contributed by atoms with Crippen molar-refractivity contribution in [3.8, 4) is 0 Å². The molecule has 0 amide bonds. The molecule has 0 bridgehead atoms. The molecule has 1 aliphatic carbocycles. The zero-order valence-electron chi connectivity index (χ0n) is 9.56. The Morgan fingerprint density at radius 2 is 2.00 bits per heavy atom. The van der Waals surface area contributed by atoms with Crippen LogP contribution in [0.15, 0.2) is 0 Å². The highest BCUT2D eigenvalue weighted by atomic mass is 79.9. The molecule has 2 nitrogen and oxygen atoms in total. The molecule has 0 aliphatic heterocycles. The smallest absolute Gasteiger partial charge is 0.312 e. The van der Waals surface area contributed by atoms with Crippen molar-refractivity contribution >= 4 is 21.9 Å². The average molecular weight is 277 g/mol. The molecular formula is C12H21BrO2. The average Bonchev–Trinajstić information content (AvgIpc) is 2.69. The number of ether oxygens (including phenoxy) is 1. The van der Waals surface area contributed by atoms with E-state index >= 15 is 0 Å². The summed E-state index contributed by atoms with van der Waals surface area (Å²) in [5.41, 5.74) is -0.127. The normalized spacial score (nSPS) is 19.1. The summed E-state index contributed by atoms with van der Waals surface area (Å²) in [6.07, 6.45) is 7.74. The fraction of sp³-hybridized carbons (Fsp3) is 0.917. The van der Waals surface area contributed by atoms with Gasteiger partial charge in [-0.1, -0.05) is 35.2 Å². The molecule has 88 valence electrons. The van der Waals surface area contributed by atoms with Crippen LogP contribution in [0.1, 0.15) is 51.9 Å². The molecule has 0 aromatic heterocycles. The maximum Gasteiger partial charge on any atom is 0.312 e. The van der Waals surface area contributed by atoms with Gasteiger partial charge in [0.25, 0.3) is 0 Å². The third kappa shape index (κ3) is 3.47. The van der Waals surface area contributed by atoms with Gasteiger partial charge in [-0.15, -0.1) is 0 Å². The predicted molar refractivity (Wildman–Crippen MR) is 65.2 cm³/mol. The number of carbonyl (C=O) groups is 1. The summed E-state index contributed by atoms with van der Waals surface area (Å²) >= 11 is 3.43. The van der Waals surface area contributed by atoms with Gasteiger partial charge < -0.3 is 4.74 Å². The van der Waals surface area contributed by atoms with Crippen molar-refractivity contribution in [1.82, 2.24) is 0 Å². The highest BCUT2D eigenvalue weighted by molar-refractivity contribution is 9.09. The van der Waals surface area contributed by atoms with Gasteiger partial charge in [0.05, 0.1) is 12.0 Å². The molecule has 0 heterocycles. The van der Waals surface area contributed by atoms with Crippen LogP contribution in [0, 0.1) is 5.41 Å². The second-order valence-electron chi connectivity index (χ2n) is 4.35. The Kier molecular flexibility index (Phi) is 5.65. The van der Waals surface area contributed by atoms with Gasteiger partial charge in [-0.25, -0.2) is 0 Å². The van der Waals surface area contributed by atoms with Crippen molar-refractivity contribution < 1.29 is 9.53 Å². The highest BCUT2D eigenvalue weighted by Gasteiger charge is 2.41. The molecule has 1 rings (SSSR count). The number of halogens is 1. The fourth-order valence-corrected chi connectivity index (χ4v) is 2.85. The molecule has 1 saturated carbocycles. The van der Waals surface area contributed by atoms with Gasteiger partial charge in [0.15, 0.2) is 0 Å². The predicted octanol–water partition coefficient (Wildman–Crippen LogP) is 3.68. The number of hydrogen-bond acceptors (Lipinski definition) is 2. The Morgan fingerprint density at radius 1 is 1.33 bits per heavy atom. The van der Waals surface area contributed by atoms with Crippen LogP contribution in [0.5, 0.6) is 0 Å². The van der Waals surface area contributed by atoms with Gasteiger partial charge >= 0.3 is 5.97 Å². The number of unbranched alkanes of at least 4 members (excludes halogenated alkanes) is 1. The van der Waals surface area contributed by atoms with Crippen molar-refractivity contribution in [1.29, 1.82) is 0 Å². The van der Waals surface area contributed by atoms with Gasteiger partial charge in [-0.3, -0.25) is 4.79 Å². The SMILES string of the molecule is CCOC(=O)C1(CCCCBr)CCCC1. The largest absolute Gasteiger partial charge is 0.466 e. The van der Waals surface area contributed by atoms with E-state index in [2.05, 4.69) is 15.9 Å². The maximum absolute atomic E-state index is 11.9. The lowest BCUT2D eigenvalue weighted by molar-refractivity contribution is -0.155. The molecule has 15 heavy (non-hydrogen) atoms. The third-order valence-corrected chi connectivity index (χ3v) is 3.87. The van der Waals surface area contributed by atoms with Crippen LogP contribution in [0.25, 0.3) is 0 Å². The van der Waals surface area contributed by atoms with E-state index in [0.717, 1.165) is 37.4 Å². The van der Waals surface area contributed by atoms with Crippen LogP contribution in [-0.2, 0) is 9.53 Å². The Hall–Kier alpha value is -0.0500. The molecule has 0 unspecified atom stereocenters. The number of esters is 1. The molecule has 0 aromatic carbocycles. The Bertz CT molecular complexity index is 198. The Balaban J connectivity index is 2.49. The van der Waals surface area contributed by atoms with Crippen LogP contribution < -0.4 is 0 Å². The molecule has 0 radical (unpaired) electrons. The first-order valence-corrected chi connectivity index (χ1v) is 7.10. The monoisotopic (exact) mass is 276 g/mol. The van der Waals surface area contributed by atoms with E-state index in [1.54, 1.807) is 0 Å². The lowest BCUT2D eigenvalue weighted by atomic mass is 9.81. The zero-order chi connectivity index (χ0) is 11.1. The van der Waals surface area contributed by atoms with Crippen molar-refractivity contribution in [2.45, 2.75) is 51.9 Å². The van der Waals surface area contributed by atoms with Crippen molar-refractivity contribution in [2.24, 2.45) is 5.41 Å². The fourth-order valence-electron chi connectivity index (χ4n) is 2.45. The van der Waals surface area contributed by atoms with E-state index in [0.29, 0.717) is 6.61 Å². The summed E-state index contributed by atoms with van der Waals surface area (Å²) in [6.45, 7) is 2.40. The quantitative estimate of drug-likeness (QED) is 0.420. The van der Waals surface area contributed by atoms with Gasteiger partial charge in [-0.05, 0) is 32.6 Å². The summed E-state index contributed by atoms with van der Waals surface area (Å²) in [6, 6.07) is 0. The molecule has 0 aromatic rings. The zero-order valence-corrected chi connectivity index (χ0v) is 11.1. The van der Waals surface area contributed by atoms with Crippen molar-refractivity contribution in [3.63, 3.8) is 0 Å². The number of rotatable bonds is 6. The molecule has 0 saturated heterocycles. The van der Waals surface area contributed by atoms with Gasteiger partial charge in [0, 0.05) is 5.33 Å². The van der Waals surface area contributed by atoms with E-state index in [4.69, 9.17) is 4.74 Å². The van der Waals surface area contributed by atoms with Gasteiger partial charge in [-0.2, -0.15) is 0 Å². The second kappa shape index (κ2) is 6.51. The minimum absolute atomic E-state index is 0.0528. The molecule has 1 aliphatic rings. The first-order chi connectivity index (χ1) is 7.25. The van der Waals surface area contributed by atoms with Gasteiger partial charge in [0.1, 0.15) is 0 Å². The summed E-state index contributed by atoms with van der Waals surface area (Å²) in [7, 11) is 0.